The zero-order chi connectivity index (χ0) is 17.5. The molecule has 1 heterocycles. The first-order valence-electron chi connectivity index (χ1n) is 8.38. The Morgan fingerprint density at radius 1 is 1.04 bits per heavy atom. The summed E-state index contributed by atoms with van der Waals surface area (Å²) in [4.78, 5) is 15.8. The molecular formula is C21H21NO3. The molecule has 1 aromatic heterocycles. The van der Waals surface area contributed by atoms with E-state index in [0.717, 1.165) is 40.8 Å². The maximum absolute atomic E-state index is 11.2. The number of fused-ring (bicyclic) bond motifs is 1. The summed E-state index contributed by atoms with van der Waals surface area (Å²) >= 11 is 0. The van der Waals surface area contributed by atoms with E-state index in [1.807, 2.05) is 54.6 Å². The van der Waals surface area contributed by atoms with Crippen molar-refractivity contribution in [1.29, 1.82) is 0 Å². The van der Waals surface area contributed by atoms with Crippen molar-refractivity contribution in [2.75, 3.05) is 7.11 Å². The number of rotatable bonds is 7. The lowest BCUT2D eigenvalue weighted by atomic mass is 10.1. The smallest absolute Gasteiger partial charge is 0.305 e. The second-order valence-corrected chi connectivity index (χ2v) is 5.86. The number of aromatic nitrogens is 1. The molecule has 0 saturated heterocycles. The van der Waals surface area contributed by atoms with Crippen molar-refractivity contribution >= 4 is 16.9 Å². The van der Waals surface area contributed by atoms with E-state index in [-0.39, 0.29) is 5.97 Å². The third kappa shape index (κ3) is 4.80. The average Bonchev–Trinajstić information content (AvgIpc) is 2.66. The molecule has 0 radical (unpaired) electrons. The summed E-state index contributed by atoms with van der Waals surface area (Å²) in [5.41, 5.74) is 3.02. The molecule has 0 N–H and O–H groups in total. The number of ether oxygens (including phenoxy) is 2. The standard InChI is InChI=1S/C21H21NO3/c1-24-21(23)11-5-7-16-6-4-9-19(14-16)25-15-18-13-12-17-8-2-3-10-20(17)22-18/h2-4,6,8-10,12-14H,5,7,11,15H2,1H3. The second kappa shape index (κ2) is 8.29. The van der Waals surface area contributed by atoms with Gasteiger partial charge in [0.2, 0.25) is 0 Å². The number of carbonyl (C=O) groups excluding carboxylic acids is 1. The molecular weight excluding hydrogens is 314 g/mol. The van der Waals surface area contributed by atoms with E-state index in [4.69, 9.17) is 4.74 Å². The van der Waals surface area contributed by atoms with Crippen LogP contribution in [0, 0.1) is 0 Å². The van der Waals surface area contributed by atoms with E-state index in [0.29, 0.717) is 13.0 Å². The number of carbonyl (C=O) groups is 1. The highest BCUT2D eigenvalue weighted by atomic mass is 16.5. The Bertz CT molecular complexity index is 860. The van der Waals surface area contributed by atoms with Gasteiger partial charge in [-0.3, -0.25) is 4.79 Å². The molecule has 4 nitrogen and oxygen atoms in total. The summed E-state index contributed by atoms with van der Waals surface area (Å²) in [6, 6.07) is 20.0. The first-order valence-corrected chi connectivity index (χ1v) is 8.38. The molecule has 0 atom stereocenters. The lowest BCUT2D eigenvalue weighted by Gasteiger charge is -2.08. The maximum atomic E-state index is 11.2. The van der Waals surface area contributed by atoms with Gasteiger partial charge in [-0.15, -0.1) is 0 Å². The van der Waals surface area contributed by atoms with Gasteiger partial charge in [0.25, 0.3) is 0 Å². The van der Waals surface area contributed by atoms with Crippen molar-refractivity contribution in [2.24, 2.45) is 0 Å². The molecule has 0 unspecified atom stereocenters. The molecule has 128 valence electrons. The van der Waals surface area contributed by atoms with Crippen LogP contribution in [0.5, 0.6) is 5.75 Å². The van der Waals surface area contributed by atoms with Crippen molar-refractivity contribution in [3.05, 3.63) is 71.9 Å². The fraction of sp³-hybridized carbons (Fsp3) is 0.238. The van der Waals surface area contributed by atoms with Gasteiger partial charge in [0, 0.05) is 11.8 Å². The van der Waals surface area contributed by atoms with E-state index in [1.54, 1.807) is 0 Å². The Balaban J connectivity index is 1.58. The fourth-order valence-electron chi connectivity index (χ4n) is 2.68. The van der Waals surface area contributed by atoms with Gasteiger partial charge in [-0.05, 0) is 42.7 Å². The minimum absolute atomic E-state index is 0.171. The van der Waals surface area contributed by atoms with Gasteiger partial charge in [-0.25, -0.2) is 4.98 Å². The van der Waals surface area contributed by atoms with Gasteiger partial charge in [0.15, 0.2) is 0 Å². The third-order valence-electron chi connectivity index (χ3n) is 4.02. The summed E-state index contributed by atoms with van der Waals surface area (Å²) in [7, 11) is 1.41. The predicted octanol–water partition coefficient (Wildman–Crippen LogP) is 4.31. The summed E-state index contributed by atoms with van der Waals surface area (Å²) in [5, 5.41) is 1.12. The number of esters is 1. The first-order chi connectivity index (χ1) is 12.2. The second-order valence-electron chi connectivity index (χ2n) is 5.86. The van der Waals surface area contributed by atoms with Gasteiger partial charge >= 0.3 is 5.97 Å². The molecule has 3 rings (SSSR count). The van der Waals surface area contributed by atoms with Crippen LogP contribution in [0.4, 0.5) is 0 Å². The van der Waals surface area contributed by atoms with Crippen LogP contribution >= 0.6 is 0 Å². The number of benzene rings is 2. The monoisotopic (exact) mass is 335 g/mol. The molecule has 0 amide bonds. The number of methoxy groups -OCH3 is 1. The highest BCUT2D eigenvalue weighted by Gasteiger charge is 2.03. The van der Waals surface area contributed by atoms with Crippen LogP contribution in [0.1, 0.15) is 24.1 Å². The maximum Gasteiger partial charge on any atom is 0.305 e. The van der Waals surface area contributed by atoms with E-state index >= 15 is 0 Å². The molecule has 0 fully saturated rings. The number of hydrogen-bond donors (Lipinski definition) is 0. The van der Waals surface area contributed by atoms with Crippen molar-refractivity contribution < 1.29 is 14.3 Å². The Hall–Kier alpha value is -2.88. The topological polar surface area (TPSA) is 48.4 Å². The number of pyridine rings is 1. The van der Waals surface area contributed by atoms with Crippen molar-refractivity contribution in [1.82, 2.24) is 4.98 Å². The zero-order valence-electron chi connectivity index (χ0n) is 14.3. The quantitative estimate of drug-likeness (QED) is 0.604. The van der Waals surface area contributed by atoms with E-state index in [9.17, 15) is 4.79 Å². The van der Waals surface area contributed by atoms with Crippen molar-refractivity contribution in [2.45, 2.75) is 25.9 Å². The summed E-state index contributed by atoms with van der Waals surface area (Å²) in [6.45, 7) is 0.427. The summed E-state index contributed by atoms with van der Waals surface area (Å²) in [6.07, 6.45) is 2.02. The van der Waals surface area contributed by atoms with Crippen molar-refractivity contribution in [3.63, 3.8) is 0 Å². The number of para-hydroxylation sites is 1. The molecule has 0 saturated carbocycles. The van der Waals surface area contributed by atoms with Crippen LogP contribution in [-0.2, 0) is 22.6 Å². The molecule has 0 spiro atoms. The number of aryl methyl sites for hydroxylation is 1. The van der Waals surface area contributed by atoms with Gasteiger partial charge in [0.1, 0.15) is 12.4 Å². The highest BCUT2D eigenvalue weighted by molar-refractivity contribution is 5.78. The Morgan fingerprint density at radius 3 is 2.80 bits per heavy atom. The molecule has 4 heteroatoms. The van der Waals surface area contributed by atoms with Crippen molar-refractivity contribution in [3.8, 4) is 5.75 Å². The van der Waals surface area contributed by atoms with E-state index in [2.05, 4.69) is 15.8 Å². The largest absolute Gasteiger partial charge is 0.487 e. The minimum Gasteiger partial charge on any atom is -0.487 e. The van der Waals surface area contributed by atoms with Crippen LogP contribution in [-0.4, -0.2) is 18.1 Å². The Kier molecular flexibility index (Phi) is 5.62. The zero-order valence-corrected chi connectivity index (χ0v) is 14.3. The van der Waals surface area contributed by atoms with Crippen LogP contribution in [0.25, 0.3) is 10.9 Å². The van der Waals surface area contributed by atoms with Gasteiger partial charge in [-0.2, -0.15) is 0 Å². The van der Waals surface area contributed by atoms with Crippen LogP contribution in [0.3, 0.4) is 0 Å². The summed E-state index contributed by atoms with van der Waals surface area (Å²) < 4.78 is 10.5. The minimum atomic E-state index is -0.171. The molecule has 0 aliphatic rings. The third-order valence-corrected chi connectivity index (χ3v) is 4.02. The van der Waals surface area contributed by atoms with Crippen LogP contribution < -0.4 is 4.74 Å². The lowest BCUT2D eigenvalue weighted by molar-refractivity contribution is -0.140. The van der Waals surface area contributed by atoms with Gasteiger partial charge in [-0.1, -0.05) is 36.4 Å². The van der Waals surface area contributed by atoms with Gasteiger partial charge in [0.05, 0.1) is 18.3 Å². The van der Waals surface area contributed by atoms with E-state index < -0.39 is 0 Å². The molecule has 3 aromatic rings. The average molecular weight is 335 g/mol. The molecule has 25 heavy (non-hydrogen) atoms. The Morgan fingerprint density at radius 2 is 1.92 bits per heavy atom. The van der Waals surface area contributed by atoms with E-state index in [1.165, 1.54) is 7.11 Å². The molecule has 0 aliphatic carbocycles. The number of hydrogen-bond acceptors (Lipinski definition) is 4. The number of nitrogens with zero attached hydrogens (tertiary/aromatic N) is 1. The molecule has 0 bridgehead atoms. The first kappa shape index (κ1) is 17.0. The van der Waals surface area contributed by atoms with Gasteiger partial charge < -0.3 is 9.47 Å². The van der Waals surface area contributed by atoms with Crippen LogP contribution in [0.2, 0.25) is 0 Å². The molecule has 0 aliphatic heterocycles. The SMILES string of the molecule is COC(=O)CCCc1cccc(OCc2ccc3ccccc3n2)c1. The fourth-order valence-corrected chi connectivity index (χ4v) is 2.68. The normalized spacial score (nSPS) is 10.6. The molecule has 2 aromatic carbocycles. The summed E-state index contributed by atoms with van der Waals surface area (Å²) in [5.74, 6) is 0.639. The van der Waals surface area contributed by atoms with Crippen LogP contribution in [0.15, 0.2) is 60.7 Å². The highest BCUT2D eigenvalue weighted by Crippen LogP contribution is 2.18. The predicted molar refractivity (Wildman–Crippen MR) is 97.5 cm³/mol. The Labute approximate surface area is 147 Å². The lowest BCUT2D eigenvalue weighted by Crippen LogP contribution is -2.01.